The highest BCUT2D eigenvalue weighted by molar-refractivity contribution is 5.68. The average molecular weight is 285 g/mol. The van der Waals surface area contributed by atoms with Gasteiger partial charge in [0.05, 0.1) is 6.61 Å². The number of hydrogen-bond acceptors (Lipinski definition) is 2. The van der Waals surface area contributed by atoms with Gasteiger partial charge in [0.1, 0.15) is 11.6 Å². The van der Waals surface area contributed by atoms with E-state index in [1.54, 1.807) is 6.07 Å². The van der Waals surface area contributed by atoms with Crippen LogP contribution in [0.4, 0.5) is 4.39 Å². The van der Waals surface area contributed by atoms with Crippen LogP contribution in [0.25, 0.3) is 11.1 Å². The Balaban J connectivity index is 1.90. The molecular formula is C18H20FNO. The molecule has 0 amide bonds. The van der Waals surface area contributed by atoms with E-state index in [0.717, 1.165) is 22.4 Å². The lowest BCUT2D eigenvalue weighted by Crippen LogP contribution is -2.16. The van der Waals surface area contributed by atoms with Crippen LogP contribution in [0.1, 0.15) is 25.3 Å². The van der Waals surface area contributed by atoms with Crippen LogP contribution < -0.4 is 10.1 Å². The van der Waals surface area contributed by atoms with Crippen molar-refractivity contribution in [1.82, 2.24) is 5.32 Å². The summed E-state index contributed by atoms with van der Waals surface area (Å²) in [5.74, 6) is 0.660. The van der Waals surface area contributed by atoms with E-state index in [-0.39, 0.29) is 5.82 Å². The molecule has 0 aromatic heterocycles. The van der Waals surface area contributed by atoms with Gasteiger partial charge in [0, 0.05) is 12.6 Å². The molecule has 3 rings (SSSR count). The van der Waals surface area contributed by atoms with Crippen molar-refractivity contribution in [3.63, 3.8) is 0 Å². The molecule has 1 aliphatic carbocycles. The van der Waals surface area contributed by atoms with E-state index in [9.17, 15) is 4.39 Å². The molecule has 21 heavy (non-hydrogen) atoms. The van der Waals surface area contributed by atoms with Crippen molar-refractivity contribution >= 4 is 0 Å². The van der Waals surface area contributed by atoms with Gasteiger partial charge in [-0.15, -0.1) is 0 Å². The first-order valence-corrected chi connectivity index (χ1v) is 7.51. The van der Waals surface area contributed by atoms with Gasteiger partial charge >= 0.3 is 0 Å². The molecule has 1 saturated carbocycles. The molecule has 2 aromatic carbocycles. The number of benzene rings is 2. The minimum Gasteiger partial charge on any atom is -0.494 e. The van der Waals surface area contributed by atoms with Crippen molar-refractivity contribution in [2.45, 2.75) is 32.4 Å². The molecule has 0 saturated heterocycles. The van der Waals surface area contributed by atoms with Gasteiger partial charge < -0.3 is 10.1 Å². The average Bonchev–Trinajstić information content (AvgIpc) is 3.30. The van der Waals surface area contributed by atoms with Crippen LogP contribution in [0, 0.1) is 5.82 Å². The van der Waals surface area contributed by atoms with E-state index >= 15 is 0 Å². The zero-order valence-corrected chi connectivity index (χ0v) is 12.2. The summed E-state index contributed by atoms with van der Waals surface area (Å²) in [6, 6.07) is 13.6. The lowest BCUT2D eigenvalue weighted by Gasteiger charge is -2.12. The predicted octanol–water partition coefficient (Wildman–Crippen LogP) is 4.14. The second-order valence-electron chi connectivity index (χ2n) is 5.42. The third kappa shape index (κ3) is 3.61. The predicted molar refractivity (Wildman–Crippen MR) is 82.9 cm³/mol. The van der Waals surface area contributed by atoms with Crippen LogP contribution >= 0.6 is 0 Å². The van der Waals surface area contributed by atoms with Crippen LogP contribution in [-0.4, -0.2) is 12.6 Å². The fourth-order valence-electron chi connectivity index (χ4n) is 2.45. The molecule has 0 aliphatic heterocycles. The monoisotopic (exact) mass is 285 g/mol. The van der Waals surface area contributed by atoms with Gasteiger partial charge in [-0.2, -0.15) is 0 Å². The molecule has 0 unspecified atom stereocenters. The van der Waals surface area contributed by atoms with Crippen LogP contribution in [0.2, 0.25) is 0 Å². The molecule has 0 spiro atoms. The van der Waals surface area contributed by atoms with Crippen LogP contribution in [0.15, 0.2) is 42.5 Å². The van der Waals surface area contributed by atoms with E-state index in [0.29, 0.717) is 19.2 Å². The zero-order valence-electron chi connectivity index (χ0n) is 12.2. The Labute approximate surface area is 125 Å². The summed E-state index contributed by atoms with van der Waals surface area (Å²) in [6.07, 6.45) is 2.45. The van der Waals surface area contributed by atoms with E-state index in [4.69, 9.17) is 4.74 Å². The Kier molecular flexibility index (Phi) is 4.20. The van der Waals surface area contributed by atoms with Gasteiger partial charge in [-0.05, 0) is 60.7 Å². The quantitative estimate of drug-likeness (QED) is 0.861. The number of ether oxygens (including phenoxy) is 1. The van der Waals surface area contributed by atoms with Crippen LogP contribution in [0.5, 0.6) is 5.75 Å². The van der Waals surface area contributed by atoms with Crippen molar-refractivity contribution in [2.75, 3.05) is 6.61 Å². The van der Waals surface area contributed by atoms with E-state index in [1.165, 1.54) is 18.9 Å². The van der Waals surface area contributed by atoms with E-state index < -0.39 is 0 Å². The maximum absolute atomic E-state index is 13.6. The fraction of sp³-hybridized carbons (Fsp3) is 0.333. The minimum absolute atomic E-state index is 0.188. The molecule has 0 bridgehead atoms. The lowest BCUT2D eigenvalue weighted by molar-refractivity contribution is 0.340. The van der Waals surface area contributed by atoms with Crippen molar-refractivity contribution in [2.24, 2.45) is 0 Å². The summed E-state index contributed by atoms with van der Waals surface area (Å²) in [5.41, 5.74) is 3.12. The van der Waals surface area contributed by atoms with Gasteiger partial charge in [-0.1, -0.05) is 18.2 Å². The molecule has 0 atom stereocenters. The van der Waals surface area contributed by atoms with Gasteiger partial charge in [0.2, 0.25) is 0 Å². The number of rotatable bonds is 6. The first-order chi connectivity index (χ1) is 10.3. The Morgan fingerprint density at radius 3 is 2.81 bits per heavy atom. The third-order valence-electron chi connectivity index (χ3n) is 3.68. The smallest absolute Gasteiger partial charge is 0.123 e. The molecule has 3 heteroatoms. The van der Waals surface area contributed by atoms with Crippen molar-refractivity contribution in [3.05, 3.63) is 53.8 Å². The van der Waals surface area contributed by atoms with Gasteiger partial charge in [0.25, 0.3) is 0 Å². The lowest BCUT2D eigenvalue weighted by atomic mass is 9.99. The summed E-state index contributed by atoms with van der Waals surface area (Å²) < 4.78 is 19.1. The fourth-order valence-corrected chi connectivity index (χ4v) is 2.45. The molecule has 0 radical (unpaired) electrons. The maximum Gasteiger partial charge on any atom is 0.123 e. The maximum atomic E-state index is 13.6. The molecular weight excluding hydrogens is 265 g/mol. The van der Waals surface area contributed by atoms with Crippen LogP contribution in [-0.2, 0) is 6.54 Å². The first kappa shape index (κ1) is 14.1. The highest BCUT2D eigenvalue weighted by atomic mass is 19.1. The Hall–Kier alpha value is -1.87. The van der Waals surface area contributed by atoms with Crippen molar-refractivity contribution < 1.29 is 9.13 Å². The summed E-state index contributed by atoms with van der Waals surface area (Å²) in [5, 5.41) is 3.45. The zero-order chi connectivity index (χ0) is 14.7. The summed E-state index contributed by atoms with van der Waals surface area (Å²) in [4.78, 5) is 0. The molecule has 1 aliphatic rings. The third-order valence-corrected chi connectivity index (χ3v) is 3.68. The highest BCUT2D eigenvalue weighted by Crippen LogP contribution is 2.28. The molecule has 1 N–H and O–H groups in total. The standard InChI is InChI=1S/C18H20FNO/c1-2-21-17-5-3-4-13(11-17)18-9-6-15(19)10-14(18)12-20-16-7-8-16/h3-6,9-11,16,20H,2,7-8,12H2,1H3. The summed E-state index contributed by atoms with van der Waals surface area (Å²) in [6.45, 7) is 3.31. The van der Waals surface area contributed by atoms with E-state index in [2.05, 4.69) is 5.32 Å². The summed E-state index contributed by atoms with van der Waals surface area (Å²) in [7, 11) is 0. The van der Waals surface area contributed by atoms with Gasteiger partial charge in [-0.3, -0.25) is 0 Å². The Morgan fingerprint density at radius 1 is 1.19 bits per heavy atom. The number of hydrogen-bond donors (Lipinski definition) is 1. The second-order valence-corrected chi connectivity index (χ2v) is 5.42. The topological polar surface area (TPSA) is 21.3 Å². The molecule has 2 aromatic rings. The van der Waals surface area contributed by atoms with Crippen molar-refractivity contribution in [1.29, 1.82) is 0 Å². The number of halogens is 1. The van der Waals surface area contributed by atoms with Crippen molar-refractivity contribution in [3.8, 4) is 16.9 Å². The van der Waals surface area contributed by atoms with Crippen LogP contribution in [0.3, 0.4) is 0 Å². The normalized spacial score (nSPS) is 14.2. The largest absolute Gasteiger partial charge is 0.494 e. The van der Waals surface area contributed by atoms with E-state index in [1.807, 2.05) is 37.3 Å². The Bertz CT molecular complexity index is 622. The molecule has 2 nitrogen and oxygen atoms in total. The highest BCUT2D eigenvalue weighted by Gasteiger charge is 2.20. The van der Waals surface area contributed by atoms with Gasteiger partial charge in [0.15, 0.2) is 0 Å². The molecule has 0 heterocycles. The second kappa shape index (κ2) is 6.27. The first-order valence-electron chi connectivity index (χ1n) is 7.51. The SMILES string of the molecule is CCOc1cccc(-c2ccc(F)cc2CNC2CC2)c1. The molecule has 1 fully saturated rings. The summed E-state index contributed by atoms with van der Waals surface area (Å²) >= 11 is 0. The minimum atomic E-state index is -0.188. The number of nitrogens with one attached hydrogen (secondary N) is 1. The van der Waals surface area contributed by atoms with Gasteiger partial charge in [-0.25, -0.2) is 4.39 Å². The Morgan fingerprint density at radius 2 is 2.05 bits per heavy atom. The molecule has 110 valence electrons.